The van der Waals surface area contributed by atoms with Crippen molar-refractivity contribution in [3.63, 3.8) is 0 Å². The number of nitrogens with one attached hydrogen (secondary N) is 1. The van der Waals surface area contributed by atoms with Crippen LogP contribution < -0.4 is 10.1 Å². The van der Waals surface area contributed by atoms with Crippen molar-refractivity contribution in [3.8, 4) is 11.8 Å². The molecule has 7 heteroatoms. The zero-order chi connectivity index (χ0) is 17.6. The minimum atomic E-state index is -0.819. The van der Waals surface area contributed by atoms with Gasteiger partial charge in [0.05, 0.1) is 6.07 Å². The standard InChI is InChI=1S/C17H19ClN2O4/c1-12-8-13(18)4-5-14(12)23-10-16(22)24-9-15(21)20-17(11-19)6-2-3-7-17/h4-5,8H,2-3,6-7,9-10H2,1H3,(H,20,21). The first kappa shape index (κ1) is 18.1. The van der Waals surface area contributed by atoms with Crippen LogP contribution in [-0.2, 0) is 14.3 Å². The molecule has 24 heavy (non-hydrogen) atoms. The number of carbonyl (C=O) groups is 2. The number of nitrogens with zero attached hydrogens (tertiary/aromatic N) is 1. The van der Waals surface area contributed by atoms with E-state index >= 15 is 0 Å². The fourth-order valence-electron chi connectivity index (χ4n) is 2.65. The van der Waals surface area contributed by atoms with E-state index in [2.05, 4.69) is 11.4 Å². The number of hydrogen-bond donors (Lipinski definition) is 1. The molecule has 1 aromatic carbocycles. The van der Waals surface area contributed by atoms with E-state index in [1.807, 2.05) is 6.92 Å². The molecule has 1 saturated carbocycles. The van der Waals surface area contributed by atoms with E-state index in [0.717, 1.165) is 18.4 Å². The third-order valence-electron chi connectivity index (χ3n) is 3.90. The van der Waals surface area contributed by atoms with Gasteiger partial charge >= 0.3 is 5.97 Å². The maximum Gasteiger partial charge on any atom is 0.344 e. The highest BCUT2D eigenvalue weighted by Crippen LogP contribution is 2.28. The van der Waals surface area contributed by atoms with Crippen LogP contribution in [-0.4, -0.2) is 30.6 Å². The molecule has 1 aliphatic rings. The number of esters is 1. The van der Waals surface area contributed by atoms with Crippen molar-refractivity contribution in [2.45, 2.75) is 38.1 Å². The van der Waals surface area contributed by atoms with Gasteiger partial charge in [-0.15, -0.1) is 0 Å². The summed E-state index contributed by atoms with van der Waals surface area (Å²) in [4.78, 5) is 23.5. The summed E-state index contributed by atoms with van der Waals surface area (Å²) < 4.78 is 10.2. The Hall–Kier alpha value is -2.26. The van der Waals surface area contributed by atoms with Crippen molar-refractivity contribution in [2.24, 2.45) is 0 Å². The van der Waals surface area contributed by atoms with Crippen molar-refractivity contribution in [2.75, 3.05) is 13.2 Å². The lowest BCUT2D eigenvalue weighted by atomic mass is 10.00. The SMILES string of the molecule is Cc1cc(Cl)ccc1OCC(=O)OCC(=O)NC1(C#N)CCCC1. The Morgan fingerprint density at radius 1 is 1.33 bits per heavy atom. The molecule has 6 nitrogen and oxygen atoms in total. The number of aryl methyl sites for hydroxylation is 1. The number of rotatable bonds is 6. The first-order valence-electron chi connectivity index (χ1n) is 7.71. The summed E-state index contributed by atoms with van der Waals surface area (Å²) in [5, 5.41) is 12.4. The zero-order valence-corrected chi connectivity index (χ0v) is 14.2. The Bertz CT molecular complexity index is 663. The number of nitriles is 1. The topological polar surface area (TPSA) is 88.4 Å². The summed E-state index contributed by atoms with van der Waals surface area (Å²) in [6.45, 7) is 1.08. The highest BCUT2D eigenvalue weighted by molar-refractivity contribution is 6.30. The van der Waals surface area contributed by atoms with Crippen molar-refractivity contribution in [1.29, 1.82) is 5.26 Å². The molecule has 1 amide bonds. The van der Waals surface area contributed by atoms with Crippen LogP contribution in [0.3, 0.4) is 0 Å². The van der Waals surface area contributed by atoms with E-state index in [1.54, 1.807) is 18.2 Å². The van der Waals surface area contributed by atoms with Crippen LogP contribution in [0.2, 0.25) is 5.02 Å². The van der Waals surface area contributed by atoms with Gasteiger partial charge in [0, 0.05) is 5.02 Å². The summed E-state index contributed by atoms with van der Waals surface area (Å²) in [6.07, 6.45) is 3.06. The Balaban J connectivity index is 1.74. The maximum absolute atomic E-state index is 11.8. The van der Waals surface area contributed by atoms with Crippen LogP contribution >= 0.6 is 11.6 Å². The molecule has 1 N–H and O–H groups in total. The monoisotopic (exact) mass is 350 g/mol. The predicted molar refractivity (Wildman–Crippen MR) is 87.6 cm³/mol. The summed E-state index contributed by atoms with van der Waals surface area (Å²) in [6, 6.07) is 7.19. The van der Waals surface area contributed by atoms with E-state index in [1.165, 1.54) is 0 Å². The molecule has 0 bridgehead atoms. The number of carbonyl (C=O) groups excluding carboxylic acids is 2. The summed E-state index contributed by atoms with van der Waals surface area (Å²) in [7, 11) is 0. The number of amides is 1. The second-order valence-corrected chi connectivity index (χ2v) is 6.24. The molecule has 0 radical (unpaired) electrons. The van der Waals surface area contributed by atoms with Crippen molar-refractivity contribution in [1.82, 2.24) is 5.32 Å². The van der Waals surface area contributed by atoms with Crippen molar-refractivity contribution >= 4 is 23.5 Å². The first-order chi connectivity index (χ1) is 11.4. The minimum absolute atomic E-state index is 0.306. The molecule has 0 aromatic heterocycles. The zero-order valence-electron chi connectivity index (χ0n) is 13.4. The molecule has 2 rings (SSSR count). The number of hydrogen-bond acceptors (Lipinski definition) is 5. The Kier molecular flexibility index (Phi) is 6.04. The number of halogens is 1. The van der Waals surface area contributed by atoms with Gasteiger partial charge in [-0.2, -0.15) is 5.26 Å². The first-order valence-corrected chi connectivity index (χ1v) is 8.09. The van der Waals surface area contributed by atoms with Crippen LogP contribution in [0.4, 0.5) is 0 Å². The van der Waals surface area contributed by atoms with Crippen LogP contribution in [0.15, 0.2) is 18.2 Å². The second kappa shape index (κ2) is 8.02. The smallest absolute Gasteiger partial charge is 0.344 e. The summed E-state index contributed by atoms with van der Waals surface area (Å²) in [5.74, 6) is -0.610. The van der Waals surface area contributed by atoms with Crippen LogP contribution in [0.25, 0.3) is 0 Å². The van der Waals surface area contributed by atoms with Crippen LogP contribution in [0, 0.1) is 18.3 Å². The van der Waals surface area contributed by atoms with Gasteiger partial charge in [0.2, 0.25) is 0 Å². The van der Waals surface area contributed by atoms with Crippen molar-refractivity contribution in [3.05, 3.63) is 28.8 Å². The fraction of sp³-hybridized carbons (Fsp3) is 0.471. The summed E-state index contributed by atoms with van der Waals surface area (Å²) >= 11 is 5.84. The Morgan fingerprint density at radius 3 is 2.67 bits per heavy atom. The lowest BCUT2D eigenvalue weighted by molar-refractivity contribution is -0.150. The van der Waals surface area contributed by atoms with Gasteiger partial charge in [0.1, 0.15) is 11.3 Å². The van der Waals surface area contributed by atoms with E-state index in [-0.39, 0.29) is 6.61 Å². The largest absolute Gasteiger partial charge is 0.482 e. The molecule has 0 heterocycles. The summed E-state index contributed by atoms with van der Waals surface area (Å²) in [5.41, 5.74) is -0.0225. The van der Waals surface area contributed by atoms with E-state index in [9.17, 15) is 14.9 Å². The molecule has 128 valence electrons. The quantitative estimate of drug-likeness (QED) is 0.796. The molecule has 0 aliphatic heterocycles. The molecule has 1 aliphatic carbocycles. The van der Waals surface area contributed by atoms with E-state index < -0.39 is 24.0 Å². The van der Waals surface area contributed by atoms with Gasteiger partial charge in [-0.25, -0.2) is 4.79 Å². The Labute approximate surface area is 145 Å². The fourth-order valence-corrected chi connectivity index (χ4v) is 2.87. The molecule has 0 saturated heterocycles. The van der Waals surface area contributed by atoms with Gasteiger partial charge in [-0.05, 0) is 56.4 Å². The van der Waals surface area contributed by atoms with Gasteiger partial charge in [-0.1, -0.05) is 11.6 Å². The lowest BCUT2D eigenvalue weighted by Crippen LogP contribution is -2.46. The minimum Gasteiger partial charge on any atom is -0.482 e. The molecular formula is C17H19ClN2O4. The highest BCUT2D eigenvalue weighted by Gasteiger charge is 2.35. The Morgan fingerprint density at radius 2 is 2.04 bits per heavy atom. The van der Waals surface area contributed by atoms with Gasteiger partial charge in [-0.3, -0.25) is 4.79 Å². The van der Waals surface area contributed by atoms with Crippen molar-refractivity contribution < 1.29 is 19.1 Å². The van der Waals surface area contributed by atoms with Crippen LogP contribution in [0.1, 0.15) is 31.2 Å². The predicted octanol–water partition coefficient (Wildman–Crippen LogP) is 2.52. The van der Waals surface area contributed by atoms with Gasteiger partial charge in [0.15, 0.2) is 13.2 Å². The third kappa shape index (κ3) is 4.87. The second-order valence-electron chi connectivity index (χ2n) is 5.81. The normalized spacial score (nSPS) is 15.4. The number of benzene rings is 1. The average molecular weight is 351 g/mol. The molecular weight excluding hydrogens is 332 g/mol. The lowest BCUT2D eigenvalue weighted by Gasteiger charge is -2.21. The van der Waals surface area contributed by atoms with E-state index in [0.29, 0.717) is 23.6 Å². The maximum atomic E-state index is 11.8. The molecule has 0 spiro atoms. The number of ether oxygens (including phenoxy) is 2. The molecule has 1 fully saturated rings. The van der Waals surface area contributed by atoms with Gasteiger partial charge < -0.3 is 14.8 Å². The van der Waals surface area contributed by atoms with Gasteiger partial charge in [0.25, 0.3) is 5.91 Å². The average Bonchev–Trinajstić information content (AvgIpc) is 3.01. The van der Waals surface area contributed by atoms with Crippen LogP contribution in [0.5, 0.6) is 5.75 Å². The van der Waals surface area contributed by atoms with E-state index in [4.69, 9.17) is 21.1 Å². The molecule has 1 aromatic rings. The molecule has 0 unspecified atom stereocenters. The third-order valence-corrected chi connectivity index (χ3v) is 4.13. The highest BCUT2D eigenvalue weighted by atomic mass is 35.5. The molecule has 0 atom stereocenters.